The van der Waals surface area contributed by atoms with Crippen molar-refractivity contribution in [2.45, 2.75) is 52.4 Å². The highest BCUT2D eigenvalue weighted by Gasteiger charge is 2.25. The minimum atomic E-state index is 0.0243. The largest absolute Gasteiger partial charge is 0.354 e. The number of aromatic nitrogens is 3. The Kier molecular flexibility index (Phi) is 5.42. The van der Waals surface area contributed by atoms with Crippen LogP contribution in [0.25, 0.3) is 87.4 Å². The predicted molar refractivity (Wildman–Crippen MR) is 210 cm³/mol. The summed E-state index contributed by atoms with van der Waals surface area (Å²) in [5.41, 5.74) is 12.5. The van der Waals surface area contributed by atoms with Crippen LogP contribution in [0.1, 0.15) is 52.7 Å². The van der Waals surface area contributed by atoms with E-state index in [-0.39, 0.29) is 10.8 Å². The van der Waals surface area contributed by atoms with Crippen molar-refractivity contribution in [3.63, 3.8) is 0 Å². The number of rotatable bonds is 1. The number of benzene rings is 6. The molecule has 0 spiro atoms. The average Bonchev–Trinajstić information content (AvgIpc) is 3.78. The Morgan fingerprint density at radius 3 is 1.75 bits per heavy atom. The van der Waals surface area contributed by atoms with Gasteiger partial charge in [-0.3, -0.25) is 0 Å². The van der Waals surface area contributed by atoms with Gasteiger partial charge >= 0.3 is 0 Å². The van der Waals surface area contributed by atoms with Gasteiger partial charge < -0.3 is 14.0 Å². The molecule has 0 aliphatic carbocycles. The Hall–Kier alpha value is -4.80. The number of hydrogen-bond donors (Lipinski definition) is 1. The summed E-state index contributed by atoms with van der Waals surface area (Å²) in [4.78, 5) is 3.82. The van der Waals surface area contributed by atoms with Crippen LogP contribution in [0.2, 0.25) is 0 Å². The zero-order valence-electron chi connectivity index (χ0n) is 28.1. The van der Waals surface area contributed by atoms with Crippen molar-refractivity contribution in [3.05, 3.63) is 119 Å². The van der Waals surface area contributed by atoms with E-state index in [0.717, 1.165) is 21.2 Å². The van der Waals surface area contributed by atoms with Gasteiger partial charge in [-0.1, -0.05) is 84.0 Å². The van der Waals surface area contributed by atoms with Crippen molar-refractivity contribution in [2.24, 2.45) is 0 Å². The molecule has 3 nitrogen and oxygen atoms in total. The van der Waals surface area contributed by atoms with E-state index in [4.69, 9.17) is 0 Å². The molecule has 4 heteroatoms. The summed E-state index contributed by atoms with van der Waals surface area (Å²) in [5, 5.41) is 10.3. The SMILES string of the molecule is CC(C)(C)c1ccc2c(c1)c1cc(C(C)(C)C)cc3c4cc5c(cc4n2c13)[nH]c1c(Br)cc(-n2c3ccccc3c3ccccc32)cc15. The molecule has 6 aromatic carbocycles. The van der Waals surface area contributed by atoms with Gasteiger partial charge in [-0.25, -0.2) is 0 Å². The molecule has 1 N–H and O–H groups in total. The lowest BCUT2D eigenvalue weighted by atomic mass is 9.84. The Bertz CT molecular complexity index is 2920. The van der Waals surface area contributed by atoms with E-state index in [9.17, 15) is 0 Å². The highest BCUT2D eigenvalue weighted by molar-refractivity contribution is 9.10. The normalized spacial score (nSPS) is 13.3. The zero-order valence-corrected chi connectivity index (χ0v) is 29.7. The quantitative estimate of drug-likeness (QED) is 0.178. The zero-order chi connectivity index (χ0) is 32.9. The smallest absolute Gasteiger partial charge is 0.0620 e. The van der Waals surface area contributed by atoms with Crippen molar-refractivity contribution in [2.75, 3.05) is 0 Å². The van der Waals surface area contributed by atoms with Crippen molar-refractivity contribution < 1.29 is 0 Å². The van der Waals surface area contributed by atoms with E-state index in [1.807, 2.05) is 0 Å². The lowest BCUT2D eigenvalue weighted by Crippen LogP contribution is -2.11. The maximum absolute atomic E-state index is 3.99. The predicted octanol–water partition coefficient (Wildman–Crippen LogP) is 12.9. The second-order valence-corrected chi connectivity index (χ2v) is 16.6. The van der Waals surface area contributed by atoms with Crippen LogP contribution >= 0.6 is 15.9 Å². The van der Waals surface area contributed by atoms with E-state index >= 15 is 0 Å². The Labute approximate surface area is 287 Å². The average molecular weight is 687 g/mol. The van der Waals surface area contributed by atoms with Crippen LogP contribution in [-0.2, 0) is 10.8 Å². The number of para-hydroxylation sites is 2. The first-order valence-corrected chi connectivity index (χ1v) is 17.7. The van der Waals surface area contributed by atoms with Crippen LogP contribution in [0.5, 0.6) is 0 Å². The summed E-state index contributed by atoms with van der Waals surface area (Å²) >= 11 is 3.99. The van der Waals surface area contributed by atoms with Gasteiger partial charge in [0.1, 0.15) is 0 Å². The molecular weight excluding hydrogens is 650 g/mol. The standard InChI is InChI=1S/C44H36BrN3/c1-43(2,3)24-15-16-39-30(17-24)33-18-25(44(4,5)6)19-34-31-22-29-32-20-26(21-35(45)41(32)46-36(29)23-40(31)48(39)42(33)34)47-37-13-9-7-11-27(37)28-12-8-10-14-38(28)47/h7-23,46H,1-6H3. The van der Waals surface area contributed by atoms with Crippen LogP contribution in [0, 0.1) is 0 Å². The molecule has 4 aromatic heterocycles. The van der Waals surface area contributed by atoms with Gasteiger partial charge in [-0.15, -0.1) is 0 Å². The molecule has 4 heterocycles. The first-order valence-electron chi connectivity index (χ1n) is 16.9. The molecule has 0 atom stereocenters. The van der Waals surface area contributed by atoms with E-state index in [2.05, 4.69) is 175 Å². The number of nitrogens with one attached hydrogen (secondary N) is 1. The molecule has 0 unspecified atom stereocenters. The van der Waals surface area contributed by atoms with Gasteiger partial charge in [0.2, 0.25) is 0 Å². The summed E-state index contributed by atoms with van der Waals surface area (Å²) < 4.78 is 5.98. The number of halogens is 1. The second kappa shape index (κ2) is 9.21. The molecule has 48 heavy (non-hydrogen) atoms. The maximum atomic E-state index is 3.99. The molecule has 0 aliphatic heterocycles. The minimum Gasteiger partial charge on any atom is -0.354 e. The fourth-order valence-electron chi connectivity index (χ4n) is 8.21. The third-order valence-electron chi connectivity index (χ3n) is 10.7. The third-order valence-corrected chi connectivity index (χ3v) is 11.3. The minimum absolute atomic E-state index is 0.0243. The molecule has 0 aliphatic rings. The number of aromatic amines is 1. The van der Waals surface area contributed by atoms with Gasteiger partial charge in [0.05, 0.1) is 33.1 Å². The molecule has 0 bridgehead atoms. The summed E-state index contributed by atoms with van der Waals surface area (Å²) in [6, 6.07) is 38.9. The highest BCUT2D eigenvalue weighted by atomic mass is 79.9. The fourth-order valence-corrected chi connectivity index (χ4v) is 8.76. The molecule has 10 rings (SSSR count). The highest BCUT2D eigenvalue weighted by Crippen LogP contribution is 2.45. The van der Waals surface area contributed by atoms with Crippen LogP contribution in [-0.4, -0.2) is 14.0 Å². The summed E-state index contributed by atoms with van der Waals surface area (Å²) in [6.45, 7) is 13.9. The van der Waals surface area contributed by atoms with Gasteiger partial charge in [-0.2, -0.15) is 0 Å². The first kappa shape index (κ1) is 28.2. The Balaban J connectivity index is 1.32. The van der Waals surface area contributed by atoms with Crippen molar-refractivity contribution in [3.8, 4) is 5.69 Å². The number of H-pyrrole nitrogens is 1. The topological polar surface area (TPSA) is 25.1 Å². The van der Waals surface area contributed by atoms with Crippen LogP contribution in [0.4, 0.5) is 0 Å². The van der Waals surface area contributed by atoms with Crippen LogP contribution in [0.3, 0.4) is 0 Å². The summed E-state index contributed by atoms with van der Waals surface area (Å²) in [5.74, 6) is 0. The maximum Gasteiger partial charge on any atom is 0.0620 e. The first-order chi connectivity index (χ1) is 23.0. The lowest BCUT2D eigenvalue weighted by Gasteiger charge is -2.20. The fraction of sp³-hybridized carbons (Fsp3) is 0.182. The van der Waals surface area contributed by atoms with Gasteiger partial charge in [-0.05, 0) is 98.6 Å². The molecule has 0 saturated heterocycles. The third kappa shape index (κ3) is 3.70. The van der Waals surface area contributed by atoms with Crippen molar-refractivity contribution in [1.82, 2.24) is 14.0 Å². The van der Waals surface area contributed by atoms with Crippen molar-refractivity contribution >= 4 is 97.6 Å². The van der Waals surface area contributed by atoms with Crippen LogP contribution in [0.15, 0.2) is 108 Å². The molecule has 0 fully saturated rings. The molecule has 234 valence electrons. The Morgan fingerprint density at radius 2 is 1.10 bits per heavy atom. The van der Waals surface area contributed by atoms with Crippen LogP contribution < -0.4 is 0 Å². The molecule has 0 amide bonds. The van der Waals surface area contributed by atoms with Crippen molar-refractivity contribution in [1.29, 1.82) is 0 Å². The van der Waals surface area contributed by atoms with E-state index < -0.39 is 0 Å². The molecule has 10 aromatic rings. The molecular formula is C44H36BrN3. The van der Waals surface area contributed by atoms with Gasteiger partial charge in [0.25, 0.3) is 0 Å². The molecule has 0 saturated carbocycles. The second-order valence-electron chi connectivity index (χ2n) is 15.7. The summed E-state index contributed by atoms with van der Waals surface area (Å²) in [7, 11) is 0. The number of nitrogens with zero attached hydrogens (tertiary/aromatic N) is 2. The number of fused-ring (bicyclic) bond motifs is 12. The van der Waals surface area contributed by atoms with Gasteiger partial charge in [0.15, 0.2) is 0 Å². The molecule has 0 radical (unpaired) electrons. The monoisotopic (exact) mass is 685 g/mol. The number of hydrogen-bond acceptors (Lipinski definition) is 0. The van der Waals surface area contributed by atoms with E-state index in [1.54, 1.807) is 0 Å². The summed E-state index contributed by atoms with van der Waals surface area (Å²) in [6.07, 6.45) is 0. The van der Waals surface area contributed by atoms with E-state index in [1.165, 1.54) is 81.8 Å². The van der Waals surface area contributed by atoms with Gasteiger partial charge in [0, 0.05) is 58.8 Å². The van der Waals surface area contributed by atoms with E-state index in [0.29, 0.717) is 0 Å². The lowest BCUT2D eigenvalue weighted by molar-refractivity contribution is 0.590. The Morgan fingerprint density at radius 1 is 0.500 bits per heavy atom.